The summed E-state index contributed by atoms with van der Waals surface area (Å²) in [4.78, 5) is 8.83. The summed E-state index contributed by atoms with van der Waals surface area (Å²) in [6.45, 7) is 0. The maximum absolute atomic E-state index is 6.18. The first-order valence-electron chi connectivity index (χ1n) is 7.72. The van der Waals surface area contributed by atoms with Crippen molar-refractivity contribution in [1.82, 2.24) is 20.2 Å². The molecule has 2 aromatic heterocycles. The van der Waals surface area contributed by atoms with Crippen LogP contribution >= 0.6 is 23.2 Å². The number of para-hydroxylation sites is 1. The Morgan fingerprint density at radius 2 is 1.65 bits per heavy atom. The summed E-state index contributed by atoms with van der Waals surface area (Å²) in [6.07, 6.45) is 3.28. The van der Waals surface area contributed by atoms with Gasteiger partial charge in [-0.05, 0) is 24.3 Å². The number of hydrogen-bond donors (Lipinski definition) is 2. The Balaban J connectivity index is 1.62. The van der Waals surface area contributed by atoms with Gasteiger partial charge in [0.05, 0.1) is 33.1 Å². The highest BCUT2D eigenvalue weighted by Crippen LogP contribution is 2.31. The Labute approximate surface area is 159 Å². The molecule has 2 heterocycles. The fraction of sp³-hybridized carbons (Fsp3) is 0. The van der Waals surface area contributed by atoms with Crippen LogP contribution in [0.5, 0.6) is 0 Å². The number of nitrogens with one attached hydrogen (secondary N) is 2. The molecule has 2 N–H and O–H groups in total. The van der Waals surface area contributed by atoms with Crippen LogP contribution in [0.3, 0.4) is 0 Å². The lowest BCUT2D eigenvalue weighted by molar-refractivity contribution is 0.982. The highest BCUT2D eigenvalue weighted by molar-refractivity contribution is 6.43. The number of benzene rings is 2. The third kappa shape index (κ3) is 3.37. The SMILES string of the molecule is Clc1cccc(Nc2nncc(Nc3cccc4cccnc34)n2)c1Cl. The fourth-order valence-electron chi connectivity index (χ4n) is 2.48. The van der Waals surface area contributed by atoms with Crippen LogP contribution in [-0.4, -0.2) is 20.2 Å². The maximum atomic E-state index is 6.18. The summed E-state index contributed by atoms with van der Waals surface area (Å²) in [6, 6.07) is 15.1. The summed E-state index contributed by atoms with van der Waals surface area (Å²) in [5.41, 5.74) is 2.28. The van der Waals surface area contributed by atoms with E-state index in [1.807, 2.05) is 30.3 Å². The molecule has 128 valence electrons. The van der Waals surface area contributed by atoms with Crippen molar-refractivity contribution >= 4 is 57.2 Å². The number of pyridine rings is 1. The largest absolute Gasteiger partial charge is 0.337 e. The van der Waals surface area contributed by atoms with Gasteiger partial charge < -0.3 is 10.6 Å². The molecule has 0 aliphatic rings. The predicted molar refractivity (Wildman–Crippen MR) is 105 cm³/mol. The molecule has 2 aromatic carbocycles. The van der Waals surface area contributed by atoms with Gasteiger partial charge in [-0.3, -0.25) is 4.98 Å². The van der Waals surface area contributed by atoms with Gasteiger partial charge in [0.25, 0.3) is 0 Å². The van der Waals surface area contributed by atoms with Crippen molar-refractivity contribution in [2.24, 2.45) is 0 Å². The second-order valence-corrected chi connectivity index (χ2v) is 6.18. The van der Waals surface area contributed by atoms with E-state index in [4.69, 9.17) is 23.2 Å². The summed E-state index contributed by atoms with van der Waals surface area (Å²) >= 11 is 12.2. The quantitative estimate of drug-likeness (QED) is 0.504. The summed E-state index contributed by atoms with van der Waals surface area (Å²) in [5.74, 6) is 0.825. The first-order valence-corrected chi connectivity index (χ1v) is 8.48. The van der Waals surface area contributed by atoms with E-state index in [1.54, 1.807) is 24.4 Å². The van der Waals surface area contributed by atoms with Crippen LogP contribution < -0.4 is 10.6 Å². The van der Waals surface area contributed by atoms with Crippen molar-refractivity contribution in [3.8, 4) is 0 Å². The van der Waals surface area contributed by atoms with Gasteiger partial charge in [-0.25, -0.2) is 0 Å². The monoisotopic (exact) mass is 382 g/mol. The summed E-state index contributed by atoms with van der Waals surface area (Å²) < 4.78 is 0. The van der Waals surface area contributed by atoms with Gasteiger partial charge in [0.15, 0.2) is 5.82 Å². The molecule has 0 atom stereocenters. The maximum Gasteiger partial charge on any atom is 0.249 e. The molecule has 0 bridgehead atoms. The van der Waals surface area contributed by atoms with Crippen molar-refractivity contribution in [2.45, 2.75) is 0 Å². The molecular weight excluding hydrogens is 371 g/mol. The van der Waals surface area contributed by atoms with Gasteiger partial charge in [0, 0.05) is 11.6 Å². The molecule has 0 amide bonds. The second-order valence-electron chi connectivity index (χ2n) is 5.40. The lowest BCUT2D eigenvalue weighted by Gasteiger charge is -2.10. The summed E-state index contributed by atoms with van der Waals surface area (Å²) in [5, 5.41) is 16.1. The predicted octanol–water partition coefficient (Wildman–Crippen LogP) is 5.21. The molecule has 6 nitrogen and oxygen atoms in total. The molecule has 4 aromatic rings. The minimum atomic E-state index is 0.298. The van der Waals surface area contributed by atoms with Crippen molar-refractivity contribution in [1.29, 1.82) is 0 Å². The van der Waals surface area contributed by atoms with Gasteiger partial charge in [-0.1, -0.05) is 47.5 Å². The van der Waals surface area contributed by atoms with E-state index in [1.165, 1.54) is 6.20 Å². The lowest BCUT2D eigenvalue weighted by atomic mass is 10.2. The Kier molecular flexibility index (Phi) is 4.51. The highest BCUT2D eigenvalue weighted by Gasteiger charge is 2.08. The molecule has 26 heavy (non-hydrogen) atoms. The number of rotatable bonds is 4. The van der Waals surface area contributed by atoms with E-state index < -0.39 is 0 Å². The minimum Gasteiger partial charge on any atom is -0.337 e. The van der Waals surface area contributed by atoms with Crippen molar-refractivity contribution in [3.05, 3.63) is 71.0 Å². The molecule has 4 rings (SSSR count). The van der Waals surface area contributed by atoms with Crippen LogP contribution in [0.4, 0.5) is 23.1 Å². The van der Waals surface area contributed by atoms with Crippen LogP contribution in [0, 0.1) is 0 Å². The third-order valence-corrected chi connectivity index (χ3v) is 4.47. The molecule has 0 spiro atoms. The number of halogens is 2. The van der Waals surface area contributed by atoms with Gasteiger partial charge >= 0.3 is 0 Å². The molecule has 0 unspecified atom stereocenters. The number of hydrogen-bond acceptors (Lipinski definition) is 6. The molecular formula is C18H12Cl2N6. The van der Waals surface area contributed by atoms with Crippen molar-refractivity contribution in [2.75, 3.05) is 10.6 Å². The van der Waals surface area contributed by atoms with Crippen LogP contribution in [0.25, 0.3) is 10.9 Å². The van der Waals surface area contributed by atoms with Crippen LogP contribution in [0.15, 0.2) is 60.9 Å². The first kappa shape index (κ1) is 16.5. The van der Waals surface area contributed by atoms with Gasteiger partial charge in [-0.15, -0.1) is 5.10 Å². The van der Waals surface area contributed by atoms with E-state index in [2.05, 4.69) is 30.8 Å². The first-order chi connectivity index (χ1) is 12.7. The molecule has 0 radical (unpaired) electrons. The smallest absolute Gasteiger partial charge is 0.249 e. The standard InChI is InChI=1S/C18H12Cl2N6/c19-12-6-2-7-13(16(12)20)24-18-25-15(10-22-26-18)23-14-8-1-4-11-5-3-9-21-17(11)14/h1-10H,(H2,23,24,25,26). The van der Waals surface area contributed by atoms with Crippen LogP contribution in [0.1, 0.15) is 0 Å². The van der Waals surface area contributed by atoms with E-state index >= 15 is 0 Å². The number of fused-ring (bicyclic) bond motifs is 1. The Morgan fingerprint density at radius 1 is 0.846 bits per heavy atom. The third-order valence-electron chi connectivity index (χ3n) is 3.65. The lowest BCUT2D eigenvalue weighted by Crippen LogP contribution is -2.03. The normalized spacial score (nSPS) is 10.7. The van der Waals surface area contributed by atoms with E-state index in [-0.39, 0.29) is 0 Å². The molecule has 0 saturated carbocycles. The van der Waals surface area contributed by atoms with E-state index in [9.17, 15) is 0 Å². The number of anilines is 4. The Hall–Kier alpha value is -2.96. The second kappa shape index (κ2) is 7.11. The average molecular weight is 383 g/mol. The summed E-state index contributed by atoms with van der Waals surface area (Å²) in [7, 11) is 0. The van der Waals surface area contributed by atoms with E-state index in [0.29, 0.717) is 27.5 Å². The van der Waals surface area contributed by atoms with E-state index in [0.717, 1.165) is 16.6 Å². The Morgan fingerprint density at radius 3 is 2.58 bits per heavy atom. The van der Waals surface area contributed by atoms with Gasteiger partial charge in [0.2, 0.25) is 5.95 Å². The number of nitrogens with zero attached hydrogens (tertiary/aromatic N) is 4. The zero-order valence-corrected chi connectivity index (χ0v) is 14.8. The Bertz CT molecular complexity index is 1080. The zero-order chi connectivity index (χ0) is 17.9. The molecule has 0 fully saturated rings. The van der Waals surface area contributed by atoms with Gasteiger partial charge in [0.1, 0.15) is 0 Å². The average Bonchev–Trinajstić information content (AvgIpc) is 2.66. The van der Waals surface area contributed by atoms with Crippen molar-refractivity contribution < 1.29 is 0 Å². The van der Waals surface area contributed by atoms with Crippen LogP contribution in [-0.2, 0) is 0 Å². The number of aromatic nitrogens is 4. The van der Waals surface area contributed by atoms with Crippen LogP contribution in [0.2, 0.25) is 10.0 Å². The molecule has 0 aliphatic heterocycles. The minimum absolute atomic E-state index is 0.298. The van der Waals surface area contributed by atoms with Crippen molar-refractivity contribution in [3.63, 3.8) is 0 Å². The zero-order valence-electron chi connectivity index (χ0n) is 13.3. The highest BCUT2D eigenvalue weighted by atomic mass is 35.5. The fourth-order valence-corrected chi connectivity index (χ4v) is 2.83. The van der Waals surface area contributed by atoms with Gasteiger partial charge in [-0.2, -0.15) is 10.1 Å². The topological polar surface area (TPSA) is 75.6 Å². The molecule has 0 saturated heterocycles. The molecule has 0 aliphatic carbocycles. The molecule has 8 heteroatoms.